The van der Waals surface area contributed by atoms with Gasteiger partial charge >= 0.3 is 0 Å². The minimum Gasteiger partial charge on any atom is -0.454 e. The Morgan fingerprint density at radius 3 is 2.21 bits per heavy atom. The fourth-order valence-electron chi connectivity index (χ4n) is 6.12. The van der Waals surface area contributed by atoms with Crippen molar-refractivity contribution in [2.75, 3.05) is 10.2 Å². The summed E-state index contributed by atoms with van der Waals surface area (Å²) >= 11 is 0. The molecule has 3 nitrogen and oxygen atoms in total. The molecule has 42 heavy (non-hydrogen) atoms. The molecule has 1 unspecified atom stereocenters. The third-order valence-corrected chi connectivity index (χ3v) is 8.08. The van der Waals surface area contributed by atoms with E-state index >= 15 is 0 Å². The Balaban J connectivity index is 1.34. The first-order chi connectivity index (χ1) is 20.8. The van der Waals surface area contributed by atoms with Crippen LogP contribution in [0.4, 0.5) is 17.1 Å². The number of nitrogens with one attached hydrogen (secondary N) is 1. The minimum atomic E-state index is 0.0159. The van der Waals surface area contributed by atoms with E-state index in [0.717, 1.165) is 45.1 Å². The number of hydrogen-bond donors (Lipinski definition) is 1. The van der Waals surface area contributed by atoms with Gasteiger partial charge in [-0.2, -0.15) is 0 Å². The molecule has 200 valence electrons. The molecular weight excluding hydrogens is 512 g/mol. The molecule has 8 rings (SSSR count). The predicted molar refractivity (Wildman–Crippen MR) is 175 cm³/mol. The Bertz CT molecular complexity index is 2010. The van der Waals surface area contributed by atoms with Crippen LogP contribution in [-0.2, 0) is 0 Å². The monoisotopic (exact) mass is 540 g/mol. The molecule has 0 saturated heterocycles. The lowest BCUT2D eigenvalue weighted by atomic mass is 9.91. The van der Waals surface area contributed by atoms with Crippen molar-refractivity contribution in [1.29, 1.82) is 0 Å². The molecule has 0 amide bonds. The number of anilines is 3. The van der Waals surface area contributed by atoms with E-state index in [2.05, 4.69) is 156 Å². The van der Waals surface area contributed by atoms with Crippen molar-refractivity contribution in [2.45, 2.75) is 6.04 Å². The van der Waals surface area contributed by atoms with Gasteiger partial charge < -0.3 is 14.6 Å². The van der Waals surface area contributed by atoms with E-state index in [4.69, 9.17) is 4.42 Å². The summed E-state index contributed by atoms with van der Waals surface area (Å²) in [6.45, 7) is 0. The molecule has 1 aliphatic heterocycles. The lowest BCUT2D eigenvalue weighted by Gasteiger charge is -2.36. The highest BCUT2D eigenvalue weighted by Gasteiger charge is 2.31. The maximum absolute atomic E-state index is 6.34. The second-order valence-corrected chi connectivity index (χ2v) is 10.6. The standard InChI is InChI=1S/C39H28N2O/c1-3-13-27(14-4-1)29-17-11-18-30(25-29)41(35-22-9-7-19-31(35)28-15-5-2-6-16-28)36-23-12-21-34-33(36)26-38-39(40-34)32-20-8-10-24-37(32)42-38/h1-26,34,40H. The molecule has 0 fully saturated rings. The first-order valence-electron chi connectivity index (χ1n) is 14.3. The number of fused-ring (bicyclic) bond motifs is 4. The largest absolute Gasteiger partial charge is 0.454 e. The summed E-state index contributed by atoms with van der Waals surface area (Å²) in [5, 5.41) is 4.88. The zero-order valence-corrected chi connectivity index (χ0v) is 22.9. The van der Waals surface area contributed by atoms with Gasteiger partial charge in [0.1, 0.15) is 5.58 Å². The van der Waals surface area contributed by atoms with Gasteiger partial charge in [0, 0.05) is 22.2 Å². The van der Waals surface area contributed by atoms with Crippen LogP contribution in [0, 0.1) is 0 Å². The highest BCUT2D eigenvalue weighted by atomic mass is 16.3. The Kier molecular flexibility index (Phi) is 5.86. The molecule has 0 spiro atoms. The van der Waals surface area contributed by atoms with Gasteiger partial charge in [-0.25, -0.2) is 0 Å². The summed E-state index contributed by atoms with van der Waals surface area (Å²) < 4.78 is 6.34. The topological polar surface area (TPSA) is 28.4 Å². The van der Waals surface area contributed by atoms with Crippen molar-refractivity contribution in [3.05, 3.63) is 169 Å². The Hall–Kier alpha value is -5.54. The van der Waals surface area contributed by atoms with E-state index < -0.39 is 0 Å². The first kappa shape index (κ1) is 24.3. The van der Waals surface area contributed by atoms with Gasteiger partial charge in [-0.05, 0) is 59.2 Å². The number of rotatable bonds is 5. The van der Waals surface area contributed by atoms with Crippen LogP contribution >= 0.6 is 0 Å². The van der Waals surface area contributed by atoms with E-state index in [9.17, 15) is 0 Å². The van der Waals surface area contributed by atoms with E-state index in [-0.39, 0.29) is 6.04 Å². The molecular formula is C39H28N2O. The molecule has 0 saturated carbocycles. The van der Waals surface area contributed by atoms with Gasteiger partial charge in [-0.15, -0.1) is 0 Å². The average Bonchev–Trinajstić information content (AvgIpc) is 3.43. The number of furan rings is 1. The zero-order valence-electron chi connectivity index (χ0n) is 22.9. The van der Waals surface area contributed by atoms with Gasteiger partial charge in [0.05, 0.1) is 23.1 Å². The van der Waals surface area contributed by atoms with Crippen LogP contribution in [0.3, 0.4) is 0 Å². The van der Waals surface area contributed by atoms with Crippen molar-refractivity contribution >= 4 is 34.1 Å². The molecule has 1 atom stereocenters. The first-order valence-corrected chi connectivity index (χ1v) is 14.3. The van der Waals surface area contributed by atoms with Crippen molar-refractivity contribution in [3.63, 3.8) is 0 Å². The molecule has 0 bridgehead atoms. The van der Waals surface area contributed by atoms with Crippen LogP contribution in [0.25, 0.3) is 39.3 Å². The molecule has 0 radical (unpaired) electrons. The molecule has 1 aliphatic carbocycles. The zero-order chi connectivity index (χ0) is 27.9. The lowest BCUT2D eigenvalue weighted by molar-refractivity contribution is 0.602. The van der Waals surface area contributed by atoms with Crippen molar-refractivity contribution in [1.82, 2.24) is 0 Å². The van der Waals surface area contributed by atoms with Crippen molar-refractivity contribution < 1.29 is 4.42 Å². The van der Waals surface area contributed by atoms with E-state index in [1.165, 1.54) is 22.3 Å². The minimum absolute atomic E-state index is 0.0159. The maximum atomic E-state index is 6.34. The molecule has 2 aliphatic rings. The molecule has 5 aromatic carbocycles. The van der Waals surface area contributed by atoms with E-state index in [0.29, 0.717) is 0 Å². The number of hydrogen-bond acceptors (Lipinski definition) is 3. The summed E-state index contributed by atoms with van der Waals surface area (Å²) in [7, 11) is 0. The smallest absolute Gasteiger partial charge is 0.151 e. The second kappa shape index (κ2) is 10.1. The Morgan fingerprint density at radius 2 is 1.36 bits per heavy atom. The van der Waals surface area contributed by atoms with Crippen LogP contribution in [-0.4, -0.2) is 6.04 Å². The van der Waals surface area contributed by atoms with E-state index in [1.807, 2.05) is 12.1 Å². The highest BCUT2D eigenvalue weighted by molar-refractivity contribution is 5.98. The molecule has 3 heteroatoms. The van der Waals surface area contributed by atoms with Gasteiger partial charge in [-0.1, -0.05) is 115 Å². The van der Waals surface area contributed by atoms with Crippen molar-refractivity contribution in [2.24, 2.45) is 0 Å². The van der Waals surface area contributed by atoms with Gasteiger partial charge in [-0.3, -0.25) is 0 Å². The fourth-order valence-corrected chi connectivity index (χ4v) is 6.12. The van der Waals surface area contributed by atoms with Crippen molar-refractivity contribution in [3.8, 4) is 22.3 Å². The summed E-state index contributed by atoms with van der Waals surface area (Å²) in [5.41, 5.74) is 11.1. The maximum Gasteiger partial charge on any atom is 0.151 e. The second-order valence-electron chi connectivity index (χ2n) is 10.6. The van der Waals surface area contributed by atoms with Crippen LogP contribution < -0.4 is 10.2 Å². The van der Waals surface area contributed by atoms with Crippen LogP contribution in [0.2, 0.25) is 0 Å². The molecule has 2 heterocycles. The van der Waals surface area contributed by atoms with Crippen LogP contribution in [0.5, 0.6) is 0 Å². The predicted octanol–water partition coefficient (Wildman–Crippen LogP) is 10.2. The summed E-state index contributed by atoms with van der Waals surface area (Å²) in [6, 6.07) is 46.9. The van der Waals surface area contributed by atoms with Gasteiger partial charge in [0.2, 0.25) is 0 Å². The number of benzene rings is 5. The average molecular weight is 541 g/mol. The molecule has 1 aromatic heterocycles. The van der Waals surface area contributed by atoms with Gasteiger partial charge in [0.15, 0.2) is 5.76 Å². The highest BCUT2D eigenvalue weighted by Crippen LogP contribution is 2.45. The van der Waals surface area contributed by atoms with Gasteiger partial charge in [0.25, 0.3) is 0 Å². The Labute approximate surface area is 245 Å². The third-order valence-electron chi connectivity index (χ3n) is 8.08. The van der Waals surface area contributed by atoms with E-state index in [1.54, 1.807) is 0 Å². The quantitative estimate of drug-likeness (QED) is 0.236. The SMILES string of the molecule is C1=CC2Nc3c(oc4ccccc34)C=C2C(N(c2cccc(-c3ccccc3)c2)c2ccccc2-c2ccccc2)=C1. The van der Waals surface area contributed by atoms with Crippen LogP contribution in [0.1, 0.15) is 5.76 Å². The number of allylic oxidation sites excluding steroid dienone is 2. The molecule has 6 aromatic rings. The fraction of sp³-hybridized carbons (Fsp3) is 0.0256. The van der Waals surface area contributed by atoms with Crippen LogP contribution in [0.15, 0.2) is 167 Å². The summed E-state index contributed by atoms with van der Waals surface area (Å²) in [5.74, 6) is 0.859. The lowest BCUT2D eigenvalue weighted by Crippen LogP contribution is -2.31. The Morgan fingerprint density at radius 1 is 0.643 bits per heavy atom. The molecule has 1 N–H and O–H groups in total. The summed E-state index contributed by atoms with van der Waals surface area (Å²) in [4.78, 5) is 2.40. The number of nitrogens with zero attached hydrogens (tertiary/aromatic N) is 1. The summed E-state index contributed by atoms with van der Waals surface area (Å²) in [6.07, 6.45) is 8.82. The number of para-hydroxylation sites is 2. The normalized spacial score (nSPS) is 15.3. The third kappa shape index (κ3) is 4.15.